The van der Waals surface area contributed by atoms with Gasteiger partial charge in [0.05, 0.1) is 58.0 Å². The number of hydrogen-bond donors (Lipinski definition) is 2. The number of nitrogens with one attached hydrogen (secondary N) is 1. The van der Waals surface area contributed by atoms with Gasteiger partial charge in [0, 0.05) is 23.0 Å². The van der Waals surface area contributed by atoms with Crippen LogP contribution in [-0.2, 0) is 9.53 Å². The van der Waals surface area contributed by atoms with Crippen molar-refractivity contribution in [1.29, 1.82) is 5.26 Å². The number of carbonyl (C=O) groups excluding carboxylic acids is 4. The third-order valence-electron chi connectivity index (χ3n) is 9.78. The van der Waals surface area contributed by atoms with E-state index in [0.29, 0.717) is 49.3 Å². The van der Waals surface area contributed by atoms with Gasteiger partial charge in [-0.2, -0.15) is 10.4 Å². The summed E-state index contributed by atoms with van der Waals surface area (Å²) >= 11 is 5.88. The SMILES string of the molecule is C=CC(=O)OCCCOc1ccc(C(=O)Oc2ccc3c(/C=N/Nc4nc5ccccc5s4)c(C(=O)Oc4ccc5cc(C(=O)Oc6ccc(C#N)cc6F)ccc5c4)ccc3c2)cc1S. The Morgan fingerprint density at radius 1 is 0.773 bits per heavy atom. The molecule has 1 heterocycles. The molecule has 7 aromatic carbocycles. The second kappa shape index (κ2) is 20.0. The Morgan fingerprint density at radius 2 is 1.47 bits per heavy atom. The number of thiazole rings is 1. The van der Waals surface area contributed by atoms with Crippen molar-refractivity contribution < 1.29 is 47.3 Å². The van der Waals surface area contributed by atoms with Crippen LogP contribution >= 0.6 is 24.0 Å². The van der Waals surface area contributed by atoms with Crippen LogP contribution in [0.3, 0.4) is 0 Å². The van der Waals surface area contributed by atoms with Gasteiger partial charge in [0.25, 0.3) is 0 Å². The van der Waals surface area contributed by atoms with Crippen molar-refractivity contribution in [3.63, 3.8) is 0 Å². The van der Waals surface area contributed by atoms with Gasteiger partial charge >= 0.3 is 23.9 Å². The van der Waals surface area contributed by atoms with E-state index in [1.54, 1.807) is 72.8 Å². The summed E-state index contributed by atoms with van der Waals surface area (Å²) in [4.78, 5) is 56.3. The molecule has 0 radical (unpaired) electrons. The van der Waals surface area contributed by atoms with Gasteiger partial charge in [0.15, 0.2) is 11.6 Å². The lowest BCUT2D eigenvalue weighted by molar-refractivity contribution is -0.137. The average molecular weight is 917 g/mol. The van der Waals surface area contributed by atoms with Crippen molar-refractivity contribution in [2.24, 2.45) is 5.10 Å². The third-order valence-corrected chi connectivity index (χ3v) is 11.1. The van der Waals surface area contributed by atoms with Gasteiger partial charge in [-0.3, -0.25) is 5.43 Å². The molecule has 0 fully saturated rings. The van der Waals surface area contributed by atoms with Crippen LogP contribution in [0.2, 0.25) is 0 Å². The molecule has 0 aliphatic heterocycles. The fourth-order valence-electron chi connectivity index (χ4n) is 6.58. The minimum Gasteiger partial charge on any atom is -0.492 e. The zero-order chi connectivity index (χ0) is 46.2. The molecule has 1 aromatic heterocycles. The van der Waals surface area contributed by atoms with Gasteiger partial charge in [-0.05, 0) is 119 Å². The number of thiol groups is 1. The summed E-state index contributed by atoms with van der Waals surface area (Å²) in [6.45, 7) is 3.77. The Kier molecular flexibility index (Phi) is 13.4. The summed E-state index contributed by atoms with van der Waals surface area (Å²) in [7, 11) is 0. The number of aromatic nitrogens is 1. The summed E-state index contributed by atoms with van der Waals surface area (Å²) in [5.41, 5.74) is 4.81. The zero-order valence-corrected chi connectivity index (χ0v) is 36.1. The van der Waals surface area contributed by atoms with Gasteiger partial charge in [-0.25, -0.2) is 28.6 Å². The molecular formula is C50H33FN4O9S2. The van der Waals surface area contributed by atoms with E-state index in [1.807, 2.05) is 30.3 Å². The molecule has 0 saturated carbocycles. The van der Waals surface area contributed by atoms with Crippen molar-refractivity contribution in [2.75, 3.05) is 18.6 Å². The quantitative estimate of drug-likeness (QED) is 0.0190. The highest BCUT2D eigenvalue weighted by atomic mass is 32.1. The van der Waals surface area contributed by atoms with Gasteiger partial charge in [-0.15, -0.1) is 12.6 Å². The fourth-order valence-corrected chi connectivity index (χ4v) is 7.67. The van der Waals surface area contributed by atoms with Crippen molar-refractivity contribution >= 4 is 91.0 Å². The highest BCUT2D eigenvalue weighted by molar-refractivity contribution is 7.80. The maximum atomic E-state index is 14.4. The molecule has 8 aromatic rings. The summed E-state index contributed by atoms with van der Waals surface area (Å²) < 4.78 is 42.9. The van der Waals surface area contributed by atoms with Crippen LogP contribution in [0.15, 0.2) is 150 Å². The largest absolute Gasteiger partial charge is 0.492 e. The maximum absolute atomic E-state index is 14.4. The Labute approximate surface area is 384 Å². The van der Waals surface area contributed by atoms with E-state index in [1.165, 1.54) is 41.8 Å². The standard InChI is InChI=1S/C50H33FN4O9S2/c1-2-46(56)61-21-5-20-60-43-19-13-34(26-44(43)65)47(57)62-36-15-17-37-32(25-36)12-16-38(39(37)28-53-55-50-54-41-6-3-4-7-45(41)66-50)49(59)63-35-14-11-30-23-33(10-9-31(30)24-35)48(58)64-42-18-8-29(27-52)22-40(42)51/h2-4,6-19,22-26,28,65H,1,5,20-21H2,(H,54,55)/b53-28+. The smallest absolute Gasteiger partial charge is 0.344 e. The van der Waals surface area contributed by atoms with Gasteiger partial charge in [-0.1, -0.05) is 48.2 Å². The van der Waals surface area contributed by atoms with E-state index in [4.69, 9.17) is 28.9 Å². The van der Waals surface area contributed by atoms with Crippen LogP contribution < -0.4 is 24.4 Å². The molecule has 13 nitrogen and oxygen atoms in total. The molecule has 1 N–H and O–H groups in total. The van der Waals surface area contributed by atoms with Crippen molar-refractivity contribution in [3.05, 3.63) is 174 Å². The van der Waals surface area contributed by atoms with E-state index in [-0.39, 0.29) is 52.7 Å². The van der Waals surface area contributed by atoms with Crippen molar-refractivity contribution in [1.82, 2.24) is 4.98 Å². The lowest BCUT2D eigenvalue weighted by Crippen LogP contribution is -2.12. The van der Waals surface area contributed by atoms with Crippen molar-refractivity contribution in [3.8, 4) is 29.1 Å². The topological polar surface area (TPSA) is 176 Å². The monoisotopic (exact) mass is 916 g/mol. The maximum Gasteiger partial charge on any atom is 0.344 e. The Morgan fingerprint density at radius 3 is 2.26 bits per heavy atom. The Hall–Kier alpha value is -8.39. The number of hydrogen-bond acceptors (Lipinski definition) is 15. The third kappa shape index (κ3) is 10.3. The molecule has 66 heavy (non-hydrogen) atoms. The summed E-state index contributed by atoms with van der Waals surface area (Å²) in [5.74, 6) is -2.90. The molecule has 0 atom stereocenters. The number of nitrogens with zero attached hydrogens (tertiary/aromatic N) is 3. The number of fused-ring (bicyclic) bond motifs is 3. The van der Waals surface area contributed by atoms with Gasteiger partial charge < -0.3 is 23.7 Å². The average Bonchev–Trinajstić information content (AvgIpc) is 3.75. The molecule has 0 bridgehead atoms. The van der Waals surface area contributed by atoms with Gasteiger partial charge in [0.1, 0.15) is 17.2 Å². The lowest BCUT2D eigenvalue weighted by atomic mass is 9.99. The number of para-hydroxylation sites is 1. The number of ether oxygens (including phenoxy) is 5. The number of carbonyl (C=O) groups is 4. The summed E-state index contributed by atoms with van der Waals surface area (Å²) in [5, 5.41) is 16.4. The minimum absolute atomic E-state index is 0.0901. The molecule has 0 aliphatic rings. The number of halogens is 1. The predicted molar refractivity (Wildman–Crippen MR) is 250 cm³/mol. The van der Waals surface area contributed by atoms with E-state index in [9.17, 15) is 23.6 Å². The van der Waals surface area contributed by atoms with E-state index >= 15 is 0 Å². The lowest BCUT2D eigenvalue weighted by Gasteiger charge is -2.12. The number of anilines is 1. The number of benzene rings is 7. The first-order chi connectivity index (χ1) is 32.0. The van der Waals surface area contributed by atoms with Crippen LogP contribution in [0, 0.1) is 17.1 Å². The number of esters is 4. The minimum atomic E-state index is -0.843. The predicted octanol–water partition coefficient (Wildman–Crippen LogP) is 10.5. The second-order valence-electron chi connectivity index (χ2n) is 14.2. The highest BCUT2D eigenvalue weighted by Crippen LogP contribution is 2.31. The molecule has 326 valence electrons. The van der Waals surface area contributed by atoms with Crippen LogP contribution in [-0.4, -0.2) is 48.3 Å². The second-order valence-corrected chi connectivity index (χ2v) is 15.7. The van der Waals surface area contributed by atoms with Crippen LogP contribution in [0.5, 0.6) is 23.0 Å². The summed E-state index contributed by atoms with van der Waals surface area (Å²) in [6.07, 6.45) is 3.02. The highest BCUT2D eigenvalue weighted by Gasteiger charge is 2.19. The Balaban J connectivity index is 1.00. The number of hydrazone groups is 1. The molecular weight excluding hydrogens is 884 g/mol. The first-order valence-corrected chi connectivity index (χ1v) is 21.2. The fraction of sp³-hybridized carbons (Fsp3) is 0.0600. The van der Waals surface area contributed by atoms with Crippen LogP contribution in [0.1, 0.15) is 48.6 Å². The molecule has 0 aliphatic carbocycles. The van der Waals surface area contributed by atoms with E-state index in [2.05, 4.69) is 34.7 Å². The molecule has 0 amide bonds. The number of rotatable bonds is 15. The normalized spacial score (nSPS) is 11.0. The first kappa shape index (κ1) is 44.2. The first-order valence-electron chi connectivity index (χ1n) is 19.9. The van der Waals surface area contributed by atoms with E-state index < -0.39 is 29.7 Å². The summed E-state index contributed by atoms with van der Waals surface area (Å²) in [6, 6.07) is 35.5. The molecule has 0 saturated heterocycles. The van der Waals surface area contributed by atoms with Crippen LogP contribution in [0.4, 0.5) is 9.52 Å². The molecule has 16 heteroatoms. The van der Waals surface area contributed by atoms with Crippen LogP contribution in [0.25, 0.3) is 31.8 Å². The van der Waals surface area contributed by atoms with Crippen molar-refractivity contribution in [2.45, 2.75) is 11.3 Å². The Bertz CT molecular complexity index is 3280. The zero-order valence-electron chi connectivity index (χ0n) is 34.4. The molecule has 8 rings (SSSR count). The molecule has 0 spiro atoms. The molecule has 0 unspecified atom stereocenters. The van der Waals surface area contributed by atoms with E-state index in [0.717, 1.165) is 22.4 Å². The number of nitriles is 1. The van der Waals surface area contributed by atoms with Gasteiger partial charge in [0.2, 0.25) is 5.13 Å².